The SMILES string of the molecule is CC1CC1CNCC1(N)CC1. The van der Waals surface area contributed by atoms with E-state index in [1.165, 1.54) is 25.8 Å². The molecule has 0 aromatic rings. The van der Waals surface area contributed by atoms with Crippen LogP contribution in [0.2, 0.25) is 0 Å². The first-order valence-electron chi connectivity index (χ1n) is 4.69. The first kappa shape index (κ1) is 7.56. The second-order valence-electron chi connectivity index (χ2n) is 4.47. The maximum atomic E-state index is 5.93. The van der Waals surface area contributed by atoms with Crippen molar-refractivity contribution in [2.24, 2.45) is 17.6 Å². The molecule has 2 aliphatic rings. The highest BCUT2D eigenvalue weighted by Crippen LogP contribution is 2.37. The Labute approximate surface area is 68.5 Å². The molecule has 64 valence electrons. The van der Waals surface area contributed by atoms with Crippen LogP contribution in [0.4, 0.5) is 0 Å². The van der Waals surface area contributed by atoms with Gasteiger partial charge in [0.05, 0.1) is 0 Å². The van der Waals surface area contributed by atoms with Crippen LogP contribution in [0.1, 0.15) is 26.2 Å². The molecule has 2 aliphatic carbocycles. The predicted molar refractivity (Wildman–Crippen MR) is 46.3 cm³/mol. The van der Waals surface area contributed by atoms with Crippen LogP contribution in [0.3, 0.4) is 0 Å². The van der Waals surface area contributed by atoms with Crippen LogP contribution in [0.25, 0.3) is 0 Å². The summed E-state index contributed by atoms with van der Waals surface area (Å²) in [7, 11) is 0. The van der Waals surface area contributed by atoms with Gasteiger partial charge < -0.3 is 11.1 Å². The Morgan fingerprint density at radius 3 is 2.64 bits per heavy atom. The predicted octanol–water partition coefficient (Wildman–Crippen LogP) is 0.723. The molecule has 0 saturated heterocycles. The Morgan fingerprint density at radius 2 is 2.18 bits per heavy atom. The lowest BCUT2D eigenvalue weighted by atomic mass is 10.3. The summed E-state index contributed by atoms with van der Waals surface area (Å²) < 4.78 is 0. The molecule has 0 aliphatic heterocycles. The van der Waals surface area contributed by atoms with Crippen LogP contribution >= 0.6 is 0 Å². The summed E-state index contributed by atoms with van der Waals surface area (Å²) in [5, 5.41) is 3.46. The Kier molecular flexibility index (Phi) is 1.69. The minimum Gasteiger partial charge on any atom is -0.324 e. The van der Waals surface area contributed by atoms with Gasteiger partial charge in [0.15, 0.2) is 0 Å². The van der Waals surface area contributed by atoms with Gasteiger partial charge in [0.2, 0.25) is 0 Å². The third kappa shape index (κ3) is 1.94. The number of nitrogens with one attached hydrogen (secondary N) is 1. The van der Waals surface area contributed by atoms with E-state index >= 15 is 0 Å². The van der Waals surface area contributed by atoms with E-state index in [-0.39, 0.29) is 5.54 Å². The molecule has 0 aromatic heterocycles. The van der Waals surface area contributed by atoms with Crippen LogP contribution in [-0.2, 0) is 0 Å². The monoisotopic (exact) mass is 154 g/mol. The highest BCUT2D eigenvalue weighted by atomic mass is 15.0. The average Bonchev–Trinajstić information content (AvgIpc) is 2.79. The molecule has 0 bridgehead atoms. The fourth-order valence-corrected chi connectivity index (χ4v) is 1.53. The lowest BCUT2D eigenvalue weighted by Crippen LogP contribution is -2.36. The zero-order valence-electron chi connectivity index (χ0n) is 7.27. The molecule has 2 fully saturated rings. The summed E-state index contributed by atoms with van der Waals surface area (Å²) in [6.07, 6.45) is 3.87. The fraction of sp³-hybridized carbons (Fsp3) is 1.00. The van der Waals surface area contributed by atoms with Crippen LogP contribution < -0.4 is 11.1 Å². The quantitative estimate of drug-likeness (QED) is 0.626. The van der Waals surface area contributed by atoms with Crippen molar-refractivity contribution in [1.82, 2.24) is 5.32 Å². The van der Waals surface area contributed by atoms with E-state index in [2.05, 4.69) is 12.2 Å². The molecule has 0 amide bonds. The zero-order valence-corrected chi connectivity index (χ0v) is 7.27. The topological polar surface area (TPSA) is 38.0 Å². The third-order valence-electron chi connectivity index (χ3n) is 3.05. The second kappa shape index (κ2) is 2.46. The molecule has 11 heavy (non-hydrogen) atoms. The third-order valence-corrected chi connectivity index (χ3v) is 3.05. The van der Waals surface area contributed by atoms with Crippen LogP contribution in [0, 0.1) is 11.8 Å². The smallest absolute Gasteiger partial charge is 0.0282 e. The summed E-state index contributed by atoms with van der Waals surface area (Å²) >= 11 is 0. The van der Waals surface area contributed by atoms with Crippen LogP contribution in [0.15, 0.2) is 0 Å². The van der Waals surface area contributed by atoms with Gasteiger partial charge in [0.1, 0.15) is 0 Å². The van der Waals surface area contributed by atoms with Gasteiger partial charge in [-0.25, -0.2) is 0 Å². The van der Waals surface area contributed by atoms with Gasteiger partial charge in [0.25, 0.3) is 0 Å². The lowest BCUT2D eigenvalue weighted by Gasteiger charge is -2.09. The molecule has 2 rings (SSSR count). The minimum atomic E-state index is 0.193. The van der Waals surface area contributed by atoms with E-state index in [1.807, 2.05) is 0 Å². The summed E-state index contributed by atoms with van der Waals surface area (Å²) in [5.74, 6) is 1.92. The molecule has 0 aromatic carbocycles. The number of hydrogen-bond acceptors (Lipinski definition) is 2. The highest BCUT2D eigenvalue weighted by Gasteiger charge is 2.38. The number of hydrogen-bond donors (Lipinski definition) is 2. The summed E-state index contributed by atoms with van der Waals surface area (Å²) in [6, 6.07) is 0. The summed E-state index contributed by atoms with van der Waals surface area (Å²) in [5.41, 5.74) is 6.12. The lowest BCUT2D eigenvalue weighted by molar-refractivity contribution is 0.540. The van der Waals surface area contributed by atoms with Crippen molar-refractivity contribution in [2.75, 3.05) is 13.1 Å². The van der Waals surface area contributed by atoms with Crippen LogP contribution in [-0.4, -0.2) is 18.6 Å². The average molecular weight is 154 g/mol. The molecule has 2 atom stereocenters. The van der Waals surface area contributed by atoms with Gasteiger partial charge in [-0.3, -0.25) is 0 Å². The molecule has 2 nitrogen and oxygen atoms in total. The number of nitrogens with two attached hydrogens (primary N) is 1. The van der Waals surface area contributed by atoms with Crippen molar-refractivity contribution in [3.63, 3.8) is 0 Å². The van der Waals surface area contributed by atoms with E-state index in [1.54, 1.807) is 0 Å². The maximum absolute atomic E-state index is 5.93. The van der Waals surface area contributed by atoms with Crippen molar-refractivity contribution in [3.8, 4) is 0 Å². The van der Waals surface area contributed by atoms with E-state index in [0.717, 1.165) is 18.4 Å². The molecular weight excluding hydrogens is 136 g/mol. The first-order valence-corrected chi connectivity index (χ1v) is 4.69. The fourth-order valence-electron chi connectivity index (χ4n) is 1.53. The van der Waals surface area contributed by atoms with E-state index < -0.39 is 0 Å². The van der Waals surface area contributed by atoms with Gasteiger partial charge in [0, 0.05) is 12.1 Å². The van der Waals surface area contributed by atoms with Gasteiger partial charge >= 0.3 is 0 Å². The maximum Gasteiger partial charge on any atom is 0.0282 e. The van der Waals surface area contributed by atoms with Gasteiger partial charge in [-0.05, 0) is 37.6 Å². The standard InChI is InChI=1S/C9H18N2/c1-7-4-8(7)5-11-6-9(10)2-3-9/h7-8,11H,2-6,10H2,1H3. The zero-order chi connectivity index (χ0) is 7.90. The Morgan fingerprint density at radius 1 is 1.55 bits per heavy atom. The minimum absolute atomic E-state index is 0.193. The van der Waals surface area contributed by atoms with Gasteiger partial charge in [-0.2, -0.15) is 0 Å². The second-order valence-corrected chi connectivity index (χ2v) is 4.47. The van der Waals surface area contributed by atoms with E-state index in [4.69, 9.17) is 5.73 Å². The first-order chi connectivity index (χ1) is 5.20. The largest absolute Gasteiger partial charge is 0.324 e. The van der Waals surface area contributed by atoms with Crippen molar-refractivity contribution in [2.45, 2.75) is 31.7 Å². The summed E-state index contributed by atoms with van der Waals surface area (Å²) in [4.78, 5) is 0. The van der Waals surface area contributed by atoms with Crippen molar-refractivity contribution < 1.29 is 0 Å². The van der Waals surface area contributed by atoms with Crippen molar-refractivity contribution in [3.05, 3.63) is 0 Å². The molecule has 0 radical (unpaired) electrons. The Hall–Kier alpha value is -0.0800. The van der Waals surface area contributed by atoms with E-state index in [9.17, 15) is 0 Å². The van der Waals surface area contributed by atoms with E-state index in [0.29, 0.717) is 0 Å². The molecular formula is C9H18N2. The van der Waals surface area contributed by atoms with Gasteiger partial charge in [-0.1, -0.05) is 6.92 Å². The Balaban J connectivity index is 1.54. The van der Waals surface area contributed by atoms with Crippen molar-refractivity contribution in [1.29, 1.82) is 0 Å². The van der Waals surface area contributed by atoms with Gasteiger partial charge in [-0.15, -0.1) is 0 Å². The molecule has 2 heteroatoms. The number of rotatable bonds is 4. The molecule has 3 N–H and O–H groups in total. The summed E-state index contributed by atoms with van der Waals surface area (Å²) in [6.45, 7) is 4.55. The van der Waals surface area contributed by atoms with Crippen LogP contribution in [0.5, 0.6) is 0 Å². The molecule has 2 unspecified atom stereocenters. The van der Waals surface area contributed by atoms with Crippen molar-refractivity contribution >= 4 is 0 Å². The molecule has 0 spiro atoms. The normalized spacial score (nSPS) is 38.7. The Bertz CT molecular complexity index is 152. The highest BCUT2D eigenvalue weighted by molar-refractivity contribution is 5.00. The molecule has 2 saturated carbocycles. The molecule has 0 heterocycles.